The lowest BCUT2D eigenvalue weighted by atomic mass is 9.87. The molecule has 1 atom stereocenters. The molecule has 2 aromatic heterocycles. The van der Waals surface area contributed by atoms with E-state index in [1.165, 1.54) is 0 Å². The van der Waals surface area contributed by atoms with Crippen molar-refractivity contribution in [1.29, 1.82) is 0 Å². The maximum atomic E-state index is 12.9. The van der Waals surface area contributed by atoms with Gasteiger partial charge in [0, 0.05) is 44.0 Å². The summed E-state index contributed by atoms with van der Waals surface area (Å²) in [6.07, 6.45) is 6.04. The Labute approximate surface area is 146 Å². The second-order valence-corrected chi connectivity index (χ2v) is 6.89. The van der Waals surface area contributed by atoms with Gasteiger partial charge in [-0.3, -0.25) is 4.79 Å². The molecule has 0 radical (unpaired) electrons. The van der Waals surface area contributed by atoms with Crippen molar-refractivity contribution in [1.82, 2.24) is 14.9 Å². The molecule has 1 unspecified atom stereocenters. The number of carbonyl (C=O) groups is 1. The van der Waals surface area contributed by atoms with Crippen LogP contribution in [0, 0.1) is 12.3 Å². The smallest absolute Gasteiger partial charge is 0.257 e. The molecule has 4 heterocycles. The molecular weight excluding hydrogens is 320 g/mol. The molecule has 132 valence electrons. The molecule has 1 spiro atoms. The zero-order chi connectivity index (χ0) is 17.3. The van der Waals surface area contributed by atoms with Crippen LogP contribution in [0.15, 0.2) is 35.2 Å². The third kappa shape index (κ3) is 3.11. The molecule has 7 heteroatoms. The van der Waals surface area contributed by atoms with Crippen LogP contribution in [0.1, 0.15) is 22.5 Å². The van der Waals surface area contributed by atoms with E-state index in [4.69, 9.17) is 9.15 Å². The van der Waals surface area contributed by atoms with Gasteiger partial charge in [0.2, 0.25) is 5.95 Å². The van der Waals surface area contributed by atoms with Crippen molar-refractivity contribution in [2.24, 2.45) is 5.41 Å². The highest BCUT2D eigenvalue weighted by Gasteiger charge is 2.43. The lowest BCUT2D eigenvalue weighted by molar-refractivity contribution is 0.0689. The quantitative estimate of drug-likeness (QED) is 0.828. The van der Waals surface area contributed by atoms with E-state index in [1.807, 2.05) is 17.9 Å². The summed E-state index contributed by atoms with van der Waals surface area (Å²) in [4.78, 5) is 25.7. The number of carbonyl (C=O) groups excluding carboxylic acids is 1. The van der Waals surface area contributed by atoms with Gasteiger partial charge >= 0.3 is 0 Å². The highest BCUT2D eigenvalue weighted by molar-refractivity contribution is 5.95. The Kier molecular flexibility index (Phi) is 4.17. The summed E-state index contributed by atoms with van der Waals surface area (Å²) in [5, 5.41) is 0. The van der Waals surface area contributed by atoms with E-state index in [9.17, 15) is 4.79 Å². The third-order valence-corrected chi connectivity index (χ3v) is 5.09. The second kappa shape index (κ2) is 6.48. The lowest BCUT2D eigenvalue weighted by Crippen LogP contribution is -2.43. The normalized spacial score (nSPS) is 23.9. The first kappa shape index (κ1) is 16.1. The number of aryl methyl sites for hydroxylation is 1. The molecule has 1 amide bonds. The van der Waals surface area contributed by atoms with Crippen molar-refractivity contribution in [3.63, 3.8) is 0 Å². The number of rotatable bonds is 2. The average Bonchev–Trinajstić information content (AvgIpc) is 3.18. The Morgan fingerprint density at radius 2 is 2.08 bits per heavy atom. The molecular formula is C18H22N4O3. The molecule has 2 aliphatic heterocycles. The van der Waals surface area contributed by atoms with Crippen LogP contribution in [0.2, 0.25) is 0 Å². The van der Waals surface area contributed by atoms with E-state index in [2.05, 4.69) is 14.9 Å². The summed E-state index contributed by atoms with van der Waals surface area (Å²) < 4.78 is 11.2. The van der Waals surface area contributed by atoms with Crippen LogP contribution < -0.4 is 4.90 Å². The van der Waals surface area contributed by atoms with Crippen LogP contribution in [0.3, 0.4) is 0 Å². The van der Waals surface area contributed by atoms with Crippen LogP contribution in [0.5, 0.6) is 0 Å². The third-order valence-electron chi connectivity index (χ3n) is 5.09. The van der Waals surface area contributed by atoms with Crippen molar-refractivity contribution in [3.05, 3.63) is 42.1 Å². The van der Waals surface area contributed by atoms with E-state index in [-0.39, 0.29) is 11.3 Å². The maximum absolute atomic E-state index is 12.9. The van der Waals surface area contributed by atoms with Gasteiger partial charge in [-0.2, -0.15) is 0 Å². The van der Waals surface area contributed by atoms with Gasteiger partial charge in [-0.15, -0.1) is 0 Å². The van der Waals surface area contributed by atoms with Gasteiger partial charge in [-0.25, -0.2) is 9.97 Å². The Balaban J connectivity index is 1.52. The van der Waals surface area contributed by atoms with Crippen LogP contribution >= 0.6 is 0 Å². The number of ether oxygens (including phenoxy) is 1. The number of furan rings is 1. The van der Waals surface area contributed by atoms with Crippen molar-refractivity contribution >= 4 is 11.9 Å². The summed E-state index contributed by atoms with van der Waals surface area (Å²) in [6.45, 7) is 6.00. The summed E-state index contributed by atoms with van der Waals surface area (Å²) in [6, 6.07) is 3.56. The van der Waals surface area contributed by atoms with Gasteiger partial charge < -0.3 is 19.0 Å². The fourth-order valence-corrected chi connectivity index (χ4v) is 3.75. The first-order valence-corrected chi connectivity index (χ1v) is 8.60. The molecule has 0 aromatic carbocycles. The molecule has 4 rings (SSSR count). The second-order valence-electron chi connectivity index (χ2n) is 6.89. The SMILES string of the molecule is Cc1occc1C(=O)N1CCOCC2(CCN(c3ncccn3)C2)C1. The Bertz CT molecular complexity index is 748. The zero-order valence-corrected chi connectivity index (χ0v) is 14.4. The van der Waals surface area contributed by atoms with Gasteiger partial charge in [0.25, 0.3) is 5.91 Å². The minimum Gasteiger partial charge on any atom is -0.469 e. The number of nitrogens with zero attached hydrogens (tertiary/aromatic N) is 4. The monoisotopic (exact) mass is 342 g/mol. The van der Waals surface area contributed by atoms with E-state index in [0.29, 0.717) is 37.6 Å². The highest BCUT2D eigenvalue weighted by atomic mass is 16.5. The first-order valence-electron chi connectivity index (χ1n) is 8.60. The Hall–Kier alpha value is -2.41. The molecule has 2 saturated heterocycles. The number of amides is 1. The average molecular weight is 342 g/mol. The van der Waals surface area contributed by atoms with Crippen LogP contribution in [-0.2, 0) is 4.74 Å². The van der Waals surface area contributed by atoms with Gasteiger partial charge in [0.1, 0.15) is 5.76 Å². The summed E-state index contributed by atoms with van der Waals surface area (Å²) in [5.41, 5.74) is 0.557. The van der Waals surface area contributed by atoms with Crippen molar-refractivity contribution in [3.8, 4) is 0 Å². The van der Waals surface area contributed by atoms with Crippen molar-refractivity contribution in [2.75, 3.05) is 44.3 Å². The molecule has 0 aliphatic carbocycles. The minimum atomic E-state index is -0.0804. The number of hydrogen-bond acceptors (Lipinski definition) is 6. The Morgan fingerprint density at radius 1 is 1.24 bits per heavy atom. The number of anilines is 1. The van der Waals surface area contributed by atoms with E-state index in [1.54, 1.807) is 24.7 Å². The van der Waals surface area contributed by atoms with E-state index >= 15 is 0 Å². The fourth-order valence-electron chi connectivity index (χ4n) is 3.75. The molecule has 0 N–H and O–H groups in total. The highest BCUT2D eigenvalue weighted by Crippen LogP contribution is 2.35. The molecule has 2 fully saturated rings. The molecule has 0 bridgehead atoms. The van der Waals surface area contributed by atoms with Gasteiger partial charge in [-0.1, -0.05) is 0 Å². The topological polar surface area (TPSA) is 71.7 Å². The van der Waals surface area contributed by atoms with Crippen LogP contribution in [-0.4, -0.2) is 60.2 Å². The summed E-state index contributed by atoms with van der Waals surface area (Å²) in [7, 11) is 0. The van der Waals surface area contributed by atoms with Gasteiger partial charge in [-0.05, 0) is 25.5 Å². The zero-order valence-electron chi connectivity index (χ0n) is 14.4. The molecule has 25 heavy (non-hydrogen) atoms. The minimum absolute atomic E-state index is 0.0190. The first-order chi connectivity index (χ1) is 12.2. The van der Waals surface area contributed by atoms with E-state index < -0.39 is 0 Å². The summed E-state index contributed by atoms with van der Waals surface area (Å²) >= 11 is 0. The summed E-state index contributed by atoms with van der Waals surface area (Å²) in [5.74, 6) is 1.42. The van der Waals surface area contributed by atoms with E-state index in [0.717, 1.165) is 25.5 Å². The molecule has 0 saturated carbocycles. The fraction of sp³-hybridized carbons (Fsp3) is 0.500. The van der Waals surface area contributed by atoms with Crippen molar-refractivity contribution < 1.29 is 13.9 Å². The largest absolute Gasteiger partial charge is 0.469 e. The predicted molar refractivity (Wildman–Crippen MR) is 91.5 cm³/mol. The predicted octanol–water partition coefficient (Wildman–Crippen LogP) is 1.75. The molecule has 7 nitrogen and oxygen atoms in total. The lowest BCUT2D eigenvalue weighted by Gasteiger charge is -2.31. The number of hydrogen-bond donors (Lipinski definition) is 0. The van der Waals surface area contributed by atoms with Crippen LogP contribution in [0.25, 0.3) is 0 Å². The molecule has 2 aromatic rings. The van der Waals surface area contributed by atoms with Gasteiger partial charge in [0.15, 0.2) is 0 Å². The standard InChI is InChI=1S/C18H22N4O3/c1-14-15(3-9-25-14)16(23)21-8-10-24-13-18(11-21)4-7-22(12-18)17-19-5-2-6-20-17/h2-3,5-6,9H,4,7-8,10-13H2,1H3. The van der Waals surface area contributed by atoms with Gasteiger partial charge in [0.05, 0.1) is 25.0 Å². The maximum Gasteiger partial charge on any atom is 0.257 e. The molecule has 2 aliphatic rings. The number of aromatic nitrogens is 2. The van der Waals surface area contributed by atoms with Crippen molar-refractivity contribution in [2.45, 2.75) is 13.3 Å². The Morgan fingerprint density at radius 3 is 2.84 bits per heavy atom. The van der Waals surface area contributed by atoms with Crippen LogP contribution in [0.4, 0.5) is 5.95 Å².